The third-order valence-electron chi connectivity index (χ3n) is 2.35. The van der Waals surface area contributed by atoms with E-state index in [2.05, 4.69) is 15.5 Å². The van der Waals surface area contributed by atoms with Gasteiger partial charge in [-0.05, 0) is 24.6 Å². The maximum absolute atomic E-state index is 11.3. The molecule has 1 heterocycles. The average Bonchev–Trinajstić information content (AvgIpc) is 2.80. The summed E-state index contributed by atoms with van der Waals surface area (Å²) in [6.07, 6.45) is 0. The van der Waals surface area contributed by atoms with Gasteiger partial charge in [0.25, 0.3) is 17.6 Å². The molecule has 6 nitrogen and oxygen atoms in total. The van der Waals surface area contributed by atoms with Gasteiger partial charge in [0.05, 0.1) is 0 Å². The normalized spacial score (nSPS) is 10.2. The number of amides is 1. The van der Waals surface area contributed by atoms with Gasteiger partial charge >= 0.3 is 0 Å². The molecule has 88 valence electrons. The Hall–Kier alpha value is -2.37. The lowest BCUT2D eigenvalue weighted by molar-refractivity contribution is 0.0950. The van der Waals surface area contributed by atoms with Gasteiger partial charge in [-0.25, -0.2) is 0 Å². The number of anilines is 1. The number of nitrogens with zero attached hydrogens (tertiary/aromatic N) is 2. The number of aromatic nitrogens is 2. The Morgan fingerprint density at radius 1 is 1.47 bits per heavy atom. The number of hydrogen-bond donors (Lipinski definition) is 2. The summed E-state index contributed by atoms with van der Waals surface area (Å²) in [5.74, 6) is -0.0979. The first-order valence-electron chi connectivity index (χ1n) is 5.04. The van der Waals surface area contributed by atoms with E-state index in [1.165, 1.54) is 7.05 Å². The highest BCUT2D eigenvalue weighted by Gasteiger charge is 2.15. The van der Waals surface area contributed by atoms with Gasteiger partial charge in [0.2, 0.25) is 0 Å². The number of benzene rings is 1. The average molecular weight is 232 g/mol. The van der Waals surface area contributed by atoms with Crippen molar-refractivity contribution < 1.29 is 9.32 Å². The van der Waals surface area contributed by atoms with E-state index < -0.39 is 0 Å². The lowest BCUT2D eigenvalue weighted by Crippen LogP contribution is -2.19. The summed E-state index contributed by atoms with van der Waals surface area (Å²) in [6, 6.07) is 5.37. The quantitative estimate of drug-likeness (QED) is 0.753. The van der Waals surface area contributed by atoms with Crippen molar-refractivity contribution in [3.05, 3.63) is 29.6 Å². The second-order valence-electron chi connectivity index (χ2n) is 3.58. The Labute approximate surface area is 97.8 Å². The Balaban J connectivity index is 2.43. The molecular formula is C11H12N4O2. The summed E-state index contributed by atoms with van der Waals surface area (Å²) in [7, 11) is 1.50. The molecular weight excluding hydrogens is 220 g/mol. The van der Waals surface area contributed by atoms with Crippen LogP contribution in [0, 0.1) is 6.92 Å². The van der Waals surface area contributed by atoms with Crippen LogP contribution in [0.5, 0.6) is 0 Å². The van der Waals surface area contributed by atoms with Crippen molar-refractivity contribution in [2.75, 3.05) is 12.8 Å². The smallest absolute Gasteiger partial charge is 0.292 e. The molecule has 0 aliphatic heterocycles. The maximum Gasteiger partial charge on any atom is 0.292 e. The van der Waals surface area contributed by atoms with Crippen molar-refractivity contribution >= 4 is 11.6 Å². The summed E-state index contributed by atoms with van der Waals surface area (Å²) in [6.45, 7) is 1.90. The van der Waals surface area contributed by atoms with Crippen molar-refractivity contribution in [2.24, 2.45) is 0 Å². The summed E-state index contributed by atoms with van der Waals surface area (Å²) in [4.78, 5) is 15.3. The van der Waals surface area contributed by atoms with E-state index in [9.17, 15) is 4.79 Å². The van der Waals surface area contributed by atoms with Crippen molar-refractivity contribution in [3.63, 3.8) is 0 Å². The molecule has 0 fully saturated rings. The molecule has 17 heavy (non-hydrogen) atoms. The molecule has 2 aromatic rings. The van der Waals surface area contributed by atoms with Crippen LogP contribution in [0.25, 0.3) is 11.5 Å². The van der Waals surface area contributed by atoms with Crippen LogP contribution in [0.3, 0.4) is 0 Å². The van der Waals surface area contributed by atoms with Crippen molar-refractivity contribution in [1.82, 2.24) is 15.5 Å². The van der Waals surface area contributed by atoms with Crippen LogP contribution in [0.15, 0.2) is 22.7 Å². The van der Waals surface area contributed by atoms with E-state index in [0.717, 1.165) is 11.1 Å². The molecule has 0 saturated carbocycles. The summed E-state index contributed by atoms with van der Waals surface area (Å²) >= 11 is 0. The minimum absolute atomic E-state index is 0.00400. The predicted octanol–water partition coefficient (Wildman–Crippen LogP) is 0.987. The fraction of sp³-hybridized carbons (Fsp3) is 0.182. The van der Waals surface area contributed by atoms with Gasteiger partial charge in [0.15, 0.2) is 0 Å². The van der Waals surface area contributed by atoms with Crippen LogP contribution < -0.4 is 11.1 Å². The molecule has 0 saturated heterocycles. The molecule has 0 aliphatic rings. The molecule has 1 aromatic heterocycles. The molecule has 3 N–H and O–H groups in total. The van der Waals surface area contributed by atoms with Crippen LogP contribution in [0.4, 0.5) is 5.69 Å². The number of carbonyl (C=O) groups excluding carboxylic acids is 1. The Kier molecular flexibility index (Phi) is 2.78. The number of hydrogen-bond acceptors (Lipinski definition) is 5. The van der Waals surface area contributed by atoms with E-state index in [0.29, 0.717) is 5.69 Å². The molecule has 2 rings (SSSR count). The van der Waals surface area contributed by atoms with E-state index in [1.54, 1.807) is 12.1 Å². The zero-order valence-electron chi connectivity index (χ0n) is 9.52. The van der Waals surface area contributed by atoms with Crippen LogP contribution >= 0.6 is 0 Å². The highest BCUT2D eigenvalue weighted by atomic mass is 16.5. The minimum atomic E-state index is -0.387. The number of carbonyl (C=O) groups is 1. The van der Waals surface area contributed by atoms with E-state index >= 15 is 0 Å². The molecule has 0 bridgehead atoms. The topological polar surface area (TPSA) is 94.0 Å². The van der Waals surface area contributed by atoms with E-state index in [1.807, 2.05) is 13.0 Å². The second kappa shape index (κ2) is 4.25. The van der Waals surface area contributed by atoms with Gasteiger partial charge < -0.3 is 15.6 Å². The third-order valence-corrected chi connectivity index (χ3v) is 2.35. The predicted molar refractivity (Wildman–Crippen MR) is 62.3 cm³/mol. The zero-order chi connectivity index (χ0) is 12.4. The number of nitrogen functional groups attached to an aromatic ring is 1. The lowest BCUT2D eigenvalue weighted by atomic mass is 10.1. The molecule has 0 radical (unpaired) electrons. The zero-order valence-corrected chi connectivity index (χ0v) is 9.52. The molecule has 0 spiro atoms. The largest absolute Gasteiger partial charge is 0.399 e. The van der Waals surface area contributed by atoms with Gasteiger partial charge in [-0.15, -0.1) is 0 Å². The summed E-state index contributed by atoms with van der Waals surface area (Å²) < 4.78 is 5.03. The maximum atomic E-state index is 11.3. The Bertz CT molecular complexity index is 562. The van der Waals surface area contributed by atoms with E-state index in [-0.39, 0.29) is 17.6 Å². The fourth-order valence-corrected chi connectivity index (χ4v) is 1.41. The molecule has 0 aliphatic carbocycles. The number of nitrogens with two attached hydrogens (primary N) is 1. The van der Waals surface area contributed by atoms with Crippen molar-refractivity contribution in [1.29, 1.82) is 0 Å². The van der Waals surface area contributed by atoms with Crippen LogP contribution in [0.2, 0.25) is 0 Å². The van der Waals surface area contributed by atoms with Crippen LogP contribution in [0.1, 0.15) is 16.2 Å². The minimum Gasteiger partial charge on any atom is -0.399 e. The molecule has 1 amide bonds. The van der Waals surface area contributed by atoms with Crippen LogP contribution in [-0.2, 0) is 0 Å². The highest BCUT2D eigenvalue weighted by molar-refractivity contribution is 5.90. The SMILES string of the molecule is CNC(=O)c1noc(-c2cc(N)ccc2C)n1. The molecule has 6 heteroatoms. The van der Waals surface area contributed by atoms with Gasteiger partial charge in [-0.3, -0.25) is 4.79 Å². The van der Waals surface area contributed by atoms with E-state index in [4.69, 9.17) is 10.3 Å². The second-order valence-corrected chi connectivity index (χ2v) is 3.58. The van der Waals surface area contributed by atoms with Gasteiger partial charge in [0, 0.05) is 18.3 Å². The molecule has 0 unspecified atom stereocenters. The number of rotatable bonds is 2. The monoisotopic (exact) mass is 232 g/mol. The number of aryl methyl sites for hydroxylation is 1. The first-order chi connectivity index (χ1) is 8.11. The first kappa shape index (κ1) is 11.1. The Morgan fingerprint density at radius 2 is 2.24 bits per heavy atom. The van der Waals surface area contributed by atoms with Gasteiger partial charge in [-0.2, -0.15) is 4.98 Å². The van der Waals surface area contributed by atoms with Crippen LogP contribution in [-0.4, -0.2) is 23.1 Å². The first-order valence-corrected chi connectivity index (χ1v) is 5.04. The third kappa shape index (κ3) is 2.10. The molecule has 0 atom stereocenters. The summed E-state index contributed by atoms with van der Waals surface area (Å²) in [5, 5.41) is 6.02. The van der Waals surface area contributed by atoms with Crippen molar-refractivity contribution in [2.45, 2.75) is 6.92 Å². The van der Waals surface area contributed by atoms with Gasteiger partial charge in [0.1, 0.15) is 0 Å². The summed E-state index contributed by atoms with van der Waals surface area (Å²) in [5.41, 5.74) is 7.97. The number of nitrogens with one attached hydrogen (secondary N) is 1. The fourth-order valence-electron chi connectivity index (χ4n) is 1.41. The standard InChI is InChI=1S/C11H12N4O2/c1-6-3-4-7(12)5-8(6)11-14-9(15-17-11)10(16)13-2/h3-5H,12H2,1-2H3,(H,13,16). The Morgan fingerprint density at radius 3 is 2.94 bits per heavy atom. The van der Waals surface area contributed by atoms with Gasteiger partial charge in [-0.1, -0.05) is 11.2 Å². The van der Waals surface area contributed by atoms with Crippen molar-refractivity contribution in [3.8, 4) is 11.5 Å². The molecule has 1 aromatic carbocycles. The lowest BCUT2D eigenvalue weighted by Gasteiger charge is -2.01. The highest BCUT2D eigenvalue weighted by Crippen LogP contribution is 2.23.